The van der Waals surface area contributed by atoms with Gasteiger partial charge in [-0.1, -0.05) is 0 Å². The summed E-state index contributed by atoms with van der Waals surface area (Å²) in [5, 5.41) is 3.01. The van der Waals surface area contributed by atoms with Crippen LogP contribution in [0.15, 0.2) is 0 Å². The maximum Gasteiger partial charge on any atom is 0.236 e. The number of carbonyl (C=O) groups is 2. The summed E-state index contributed by atoms with van der Waals surface area (Å²) in [6, 6.07) is 0. The molecule has 0 aromatic carbocycles. The standard InChI is InChI=1S/C17H32N4O3/c1-17(2,3)18-15(22)13-19-5-4-6-20(8-7-19)14-16(23)21-9-11-24-12-10-21/h4-14H2,1-3H3,(H,18,22). The van der Waals surface area contributed by atoms with Gasteiger partial charge < -0.3 is 15.0 Å². The van der Waals surface area contributed by atoms with E-state index in [9.17, 15) is 9.59 Å². The molecular formula is C17H32N4O3. The lowest BCUT2D eigenvalue weighted by atomic mass is 10.1. The predicted molar refractivity (Wildman–Crippen MR) is 92.8 cm³/mol. The summed E-state index contributed by atoms with van der Waals surface area (Å²) in [6.07, 6.45) is 0.985. The minimum Gasteiger partial charge on any atom is -0.378 e. The summed E-state index contributed by atoms with van der Waals surface area (Å²) in [6.45, 7) is 13.0. The van der Waals surface area contributed by atoms with Crippen molar-refractivity contribution in [3.63, 3.8) is 0 Å². The van der Waals surface area contributed by atoms with E-state index in [0.717, 1.165) is 32.6 Å². The summed E-state index contributed by atoms with van der Waals surface area (Å²) in [5.41, 5.74) is -0.195. The van der Waals surface area contributed by atoms with Crippen LogP contribution in [0.3, 0.4) is 0 Å². The van der Waals surface area contributed by atoms with Gasteiger partial charge in [0.1, 0.15) is 0 Å². The first-order valence-electron chi connectivity index (χ1n) is 8.95. The summed E-state index contributed by atoms with van der Waals surface area (Å²) in [4.78, 5) is 30.7. The van der Waals surface area contributed by atoms with E-state index in [0.29, 0.717) is 39.4 Å². The molecule has 0 aromatic rings. The van der Waals surface area contributed by atoms with Gasteiger partial charge in [-0.05, 0) is 40.3 Å². The maximum absolute atomic E-state index is 12.3. The van der Waals surface area contributed by atoms with Crippen LogP contribution < -0.4 is 5.32 Å². The summed E-state index contributed by atoms with van der Waals surface area (Å²) >= 11 is 0. The quantitative estimate of drug-likeness (QED) is 0.766. The van der Waals surface area contributed by atoms with Crippen LogP contribution in [0.25, 0.3) is 0 Å². The minimum atomic E-state index is -0.195. The van der Waals surface area contributed by atoms with Gasteiger partial charge in [0.2, 0.25) is 11.8 Å². The molecule has 2 rings (SSSR count). The second-order valence-corrected chi connectivity index (χ2v) is 7.70. The minimum absolute atomic E-state index is 0.0698. The van der Waals surface area contributed by atoms with Gasteiger partial charge in [-0.2, -0.15) is 0 Å². The van der Waals surface area contributed by atoms with Crippen molar-refractivity contribution in [1.82, 2.24) is 20.0 Å². The first kappa shape index (κ1) is 19.1. The van der Waals surface area contributed by atoms with E-state index in [1.807, 2.05) is 25.7 Å². The molecule has 0 radical (unpaired) electrons. The van der Waals surface area contributed by atoms with Crippen molar-refractivity contribution in [2.24, 2.45) is 0 Å². The largest absolute Gasteiger partial charge is 0.378 e. The average Bonchev–Trinajstić information content (AvgIpc) is 2.71. The molecule has 0 aromatic heterocycles. The third kappa shape index (κ3) is 6.75. The normalized spacial score (nSPS) is 21.4. The maximum atomic E-state index is 12.3. The van der Waals surface area contributed by atoms with Gasteiger partial charge in [-0.15, -0.1) is 0 Å². The van der Waals surface area contributed by atoms with Gasteiger partial charge in [0, 0.05) is 31.7 Å². The zero-order chi connectivity index (χ0) is 17.6. The molecule has 0 aliphatic carbocycles. The molecular weight excluding hydrogens is 308 g/mol. The molecule has 7 heteroatoms. The zero-order valence-electron chi connectivity index (χ0n) is 15.3. The van der Waals surface area contributed by atoms with Crippen molar-refractivity contribution >= 4 is 11.8 Å². The Kier molecular flexibility index (Phi) is 7.01. The molecule has 138 valence electrons. The van der Waals surface area contributed by atoms with Gasteiger partial charge >= 0.3 is 0 Å². The molecule has 7 nitrogen and oxygen atoms in total. The molecule has 2 aliphatic heterocycles. The number of nitrogens with zero attached hydrogens (tertiary/aromatic N) is 3. The highest BCUT2D eigenvalue weighted by Crippen LogP contribution is 2.06. The molecule has 0 bridgehead atoms. The summed E-state index contributed by atoms with van der Waals surface area (Å²) in [7, 11) is 0. The Labute approximate surface area is 145 Å². The Morgan fingerprint density at radius 3 is 2.08 bits per heavy atom. The Bertz CT molecular complexity index is 430. The topological polar surface area (TPSA) is 65.1 Å². The Balaban J connectivity index is 1.73. The molecule has 2 fully saturated rings. The first-order chi connectivity index (χ1) is 11.3. The number of hydrogen-bond donors (Lipinski definition) is 1. The van der Waals surface area contributed by atoms with Crippen LogP contribution in [0.4, 0.5) is 0 Å². The number of rotatable bonds is 4. The van der Waals surface area contributed by atoms with E-state index in [1.165, 1.54) is 0 Å². The molecule has 0 atom stereocenters. The summed E-state index contributed by atoms with van der Waals surface area (Å²) in [5.74, 6) is 0.262. The highest BCUT2D eigenvalue weighted by Gasteiger charge is 2.23. The molecule has 2 amide bonds. The molecule has 24 heavy (non-hydrogen) atoms. The number of carbonyl (C=O) groups excluding carboxylic acids is 2. The molecule has 1 N–H and O–H groups in total. The average molecular weight is 340 g/mol. The van der Waals surface area contributed by atoms with E-state index in [2.05, 4.69) is 15.1 Å². The Hall–Kier alpha value is -1.18. The lowest BCUT2D eigenvalue weighted by Crippen LogP contribution is -2.47. The van der Waals surface area contributed by atoms with E-state index >= 15 is 0 Å². The Morgan fingerprint density at radius 2 is 1.50 bits per heavy atom. The number of hydrogen-bond acceptors (Lipinski definition) is 5. The van der Waals surface area contributed by atoms with Crippen LogP contribution in [0.1, 0.15) is 27.2 Å². The predicted octanol–water partition coefficient (Wildman–Crippen LogP) is -0.232. The van der Waals surface area contributed by atoms with Gasteiger partial charge in [0.05, 0.1) is 26.3 Å². The number of morpholine rings is 1. The zero-order valence-corrected chi connectivity index (χ0v) is 15.3. The first-order valence-corrected chi connectivity index (χ1v) is 8.95. The van der Waals surface area contributed by atoms with Crippen LogP contribution in [0, 0.1) is 0 Å². The van der Waals surface area contributed by atoms with E-state index in [1.54, 1.807) is 0 Å². The fourth-order valence-corrected chi connectivity index (χ4v) is 3.11. The molecule has 2 heterocycles. The van der Waals surface area contributed by atoms with Crippen molar-refractivity contribution < 1.29 is 14.3 Å². The van der Waals surface area contributed by atoms with E-state index in [4.69, 9.17) is 4.74 Å². The fraction of sp³-hybridized carbons (Fsp3) is 0.882. The highest BCUT2D eigenvalue weighted by molar-refractivity contribution is 5.79. The second-order valence-electron chi connectivity index (χ2n) is 7.70. The van der Waals surface area contributed by atoms with Crippen molar-refractivity contribution in [2.45, 2.75) is 32.7 Å². The van der Waals surface area contributed by atoms with Crippen molar-refractivity contribution in [3.05, 3.63) is 0 Å². The third-order valence-corrected chi connectivity index (χ3v) is 4.29. The van der Waals surface area contributed by atoms with Gasteiger partial charge in [-0.25, -0.2) is 0 Å². The van der Waals surface area contributed by atoms with E-state index < -0.39 is 0 Å². The van der Waals surface area contributed by atoms with E-state index in [-0.39, 0.29) is 17.4 Å². The molecule has 2 aliphatic rings. The molecule has 0 saturated carbocycles. The summed E-state index contributed by atoms with van der Waals surface area (Å²) < 4.78 is 5.29. The molecule has 2 saturated heterocycles. The van der Waals surface area contributed by atoms with Gasteiger partial charge in [0.15, 0.2) is 0 Å². The van der Waals surface area contributed by atoms with Gasteiger partial charge in [0.25, 0.3) is 0 Å². The number of nitrogens with one attached hydrogen (secondary N) is 1. The van der Waals surface area contributed by atoms with Crippen LogP contribution in [-0.4, -0.2) is 97.6 Å². The van der Waals surface area contributed by atoms with Gasteiger partial charge in [-0.3, -0.25) is 19.4 Å². The van der Waals surface area contributed by atoms with Crippen molar-refractivity contribution in [1.29, 1.82) is 0 Å². The SMILES string of the molecule is CC(C)(C)NC(=O)CN1CCCN(CC(=O)N2CCOCC2)CC1. The smallest absolute Gasteiger partial charge is 0.236 e. The fourth-order valence-electron chi connectivity index (χ4n) is 3.11. The lowest BCUT2D eigenvalue weighted by Gasteiger charge is -2.29. The molecule has 0 unspecified atom stereocenters. The number of amides is 2. The highest BCUT2D eigenvalue weighted by atomic mass is 16.5. The Morgan fingerprint density at radius 1 is 0.917 bits per heavy atom. The third-order valence-electron chi connectivity index (χ3n) is 4.29. The monoisotopic (exact) mass is 340 g/mol. The van der Waals surface area contributed by atoms with Crippen LogP contribution in [0.2, 0.25) is 0 Å². The lowest BCUT2D eigenvalue weighted by molar-refractivity contribution is -0.136. The number of ether oxygens (including phenoxy) is 1. The van der Waals surface area contributed by atoms with Crippen LogP contribution in [-0.2, 0) is 14.3 Å². The van der Waals surface area contributed by atoms with Crippen molar-refractivity contribution in [2.75, 3.05) is 65.6 Å². The van der Waals surface area contributed by atoms with Crippen molar-refractivity contribution in [3.8, 4) is 0 Å². The van der Waals surface area contributed by atoms with Crippen LogP contribution >= 0.6 is 0 Å². The second kappa shape index (κ2) is 8.78. The van der Waals surface area contributed by atoms with Crippen LogP contribution in [0.5, 0.6) is 0 Å². The molecule has 0 spiro atoms.